The highest BCUT2D eigenvalue weighted by atomic mass is 32.2. The van der Waals surface area contributed by atoms with Crippen LogP contribution in [0, 0.1) is 0 Å². The Morgan fingerprint density at radius 1 is 1.03 bits per heavy atom. The Kier molecular flexibility index (Phi) is 7.73. The lowest BCUT2D eigenvalue weighted by Crippen LogP contribution is -2.55. The Balaban J connectivity index is 1.72. The van der Waals surface area contributed by atoms with E-state index in [1.807, 2.05) is 18.2 Å². The maximum Gasteiger partial charge on any atom is 0.327 e. The van der Waals surface area contributed by atoms with Gasteiger partial charge in [-0.25, -0.2) is 8.42 Å². The number of sulfone groups is 1. The smallest absolute Gasteiger partial charge is 0.327 e. The quantitative estimate of drug-likeness (QED) is 0.550. The number of aryl methyl sites for hydroxylation is 1. The van der Waals surface area contributed by atoms with Crippen molar-refractivity contribution >= 4 is 15.8 Å². The van der Waals surface area contributed by atoms with Crippen molar-refractivity contribution < 1.29 is 22.7 Å². The highest BCUT2D eigenvalue weighted by Crippen LogP contribution is 2.37. The summed E-state index contributed by atoms with van der Waals surface area (Å²) in [6.45, 7) is 3.81. The van der Waals surface area contributed by atoms with Crippen molar-refractivity contribution in [2.24, 2.45) is 0 Å². The monoisotopic (exact) mass is 445 g/mol. The Hall–Kier alpha value is -2.38. The molecule has 0 radical (unpaired) electrons. The summed E-state index contributed by atoms with van der Waals surface area (Å²) in [6.07, 6.45) is 2.42. The fourth-order valence-corrected chi connectivity index (χ4v) is 6.06. The van der Waals surface area contributed by atoms with Gasteiger partial charge in [0.25, 0.3) is 0 Å². The van der Waals surface area contributed by atoms with Crippen LogP contribution in [0.2, 0.25) is 0 Å². The third kappa shape index (κ3) is 5.10. The lowest BCUT2D eigenvalue weighted by atomic mass is 9.95. The van der Waals surface area contributed by atoms with Crippen LogP contribution in [0.15, 0.2) is 59.5 Å². The van der Waals surface area contributed by atoms with Crippen LogP contribution in [0.1, 0.15) is 31.7 Å². The Labute approximate surface area is 185 Å². The van der Waals surface area contributed by atoms with Crippen molar-refractivity contribution in [2.75, 3.05) is 33.4 Å². The van der Waals surface area contributed by atoms with Gasteiger partial charge in [-0.1, -0.05) is 30.3 Å². The van der Waals surface area contributed by atoms with Gasteiger partial charge in [-0.05, 0) is 69.0 Å². The van der Waals surface area contributed by atoms with Crippen LogP contribution >= 0.6 is 0 Å². The average molecular weight is 446 g/mol. The molecule has 0 aromatic heterocycles. The third-order valence-electron chi connectivity index (χ3n) is 5.98. The molecular weight excluding hydrogens is 414 g/mol. The Morgan fingerprint density at radius 3 is 2.26 bits per heavy atom. The number of hydrogen-bond donors (Lipinski definition) is 0. The normalized spacial score (nSPS) is 16.6. The fourth-order valence-electron chi connectivity index (χ4n) is 4.11. The first kappa shape index (κ1) is 23.3. The van der Waals surface area contributed by atoms with Gasteiger partial charge in [0.15, 0.2) is 14.6 Å². The van der Waals surface area contributed by atoms with Crippen molar-refractivity contribution in [2.45, 2.75) is 42.2 Å². The van der Waals surface area contributed by atoms with Gasteiger partial charge < -0.3 is 14.4 Å². The van der Waals surface area contributed by atoms with Gasteiger partial charge in [-0.15, -0.1) is 0 Å². The first-order valence-corrected chi connectivity index (χ1v) is 12.2. The van der Waals surface area contributed by atoms with Crippen molar-refractivity contribution in [3.63, 3.8) is 0 Å². The Morgan fingerprint density at radius 2 is 1.68 bits per heavy atom. The lowest BCUT2D eigenvalue weighted by Gasteiger charge is -2.39. The standard InChI is InChI=1S/C24H31NO5S/c1-3-30-23(26)24(31(27,28)22-13-11-21(29-2)12-14-22)15-18-25(19-16-24)17-7-10-20-8-5-4-6-9-20/h4-6,8-9,11-14H,3,7,10,15-19H2,1-2H3. The molecule has 31 heavy (non-hydrogen) atoms. The van der Waals surface area contributed by atoms with Crippen molar-refractivity contribution in [1.29, 1.82) is 0 Å². The molecule has 1 fully saturated rings. The second-order valence-corrected chi connectivity index (χ2v) is 10.1. The molecule has 0 N–H and O–H groups in total. The second-order valence-electron chi connectivity index (χ2n) is 7.82. The number of piperidine rings is 1. The first-order valence-electron chi connectivity index (χ1n) is 10.7. The van der Waals surface area contributed by atoms with E-state index >= 15 is 0 Å². The maximum atomic E-state index is 13.6. The zero-order chi connectivity index (χ0) is 22.3. The summed E-state index contributed by atoms with van der Waals surface area (Å²) < 4.78 is 36.0. The minimum atomic E-state index is -3.91. The van der Waals surface area contributed by atoms with E-state index < -0.39 is 20.6 Å². The molecule has 0 atom stereocenters. The van der Waals surface area contributed by atoms with Gasteiger partial charge in [0.2, 0.25) is 0 Å². The molecule has 168 valence electrons. The van der Waals surface area contributed by atoms with E-state index in [-0.39, 0.29) is 24.3 Å². The second kappa shape index (κ2) is 10.3. The molecule has 1 heterocycles. The SMILES string of the molecule is CCOC(=O)C1(S(=O)(=O)c2ccc(OC)cc2)CCN(CCCc2ccccc2)CC1. The minimum Gasteiger partial charge on any atom is -0.497 e. The molecule has 1 aliphatic heterocycles. The number of carbonyl (C=O) groups excluding carboxylic acids is 1. The van der Waals surface area contributed by atoms with E-state index in [1.165, 1.54) is 24.8 Å². The number of rotatable bonds is 9. The number of benzene rings is 2. The summed E-state index contributed by atoms with van der Waals surface area (Å²) >= 11 is 0. The van der Waals surface area contributed by atoms with Gasteiger partial charge in [0.1, 0.15) is 5.75 Å². The summed E-state index contributed by atoms with van der Waals surface area (Å²) in [7, 11) is -2.39. The van der Waals surface area contributed by atoms with Crippen LogP contribution in [0.25, 0.3) is 0 Å². The van der Waals surface area contributed by atoms with Crippen molar-refractivity contribution in [3.05, 3.63) is 60.2 Å². The average Bonchev–Trinajstić information content (AvgIpc) is 2.80. The molecule has 0 aliphatic carbocycles. The van der Waals surface area contributed by atoms with E-state index in [0.717, 1.165) is 19.4 Å². The Bertz CT molecular complexity index is 949. The van der Waals surface area contributed by atoms with Crippen LogP contribution in [-0.2, 0) is 25.8 Å². The highest BCUT2D eigenvalue weighted by Gasteiger charge is 2.54. The molecule has 0 saturated carbocycles. The first-order chi connectivity index (χ1) is 14.9. The molecule has 2 aromatic carbocycles. The molecule has 7 heteroatoms. The number of esters is 1. The van der Waals surface area contributed by atoms with Crippen LogP contribution < -0.4 is 4.74 Å². The van der Waals surface area contributed by atoms with Crippen LogP contribution in [-0.4, -0.2) is 57.4 Å². The van der Waals surface area contributed by atoms with Gasteiger partial charge >= 0.3 is 5.97 Å². The number of ether oxygens (including phenoxy) is 2. The van der Waals surface area contributed by atoms with Crippen molar-refractivity contribution in [3.8, 4) is 5.75 Å². The summed E-state index contributed by atoms with van der Waals surface area (Å²) in [4.78, 5) is 15.3. The van der Waals surface area contributed by atoms with Crippen molar-refractivity contribution in [1.82, 2.24) is 4.90 Å². The van der Waals surface area contributed by atoms with E-state index in [9.17, 15) is 13.2 Å². The van der Waals surface area contributed by atoms with E-state index in [1.54, 1.807) is 19.1 Å². The molecular formula is C24H31NO5S. The van der Waals surface area contributed by atoms with Gasteiger partial charge in [0, 0.05) is 13.1 Å². The number of likely N-dealkylation sites (tertiary alicyclic amines) is 1. The van der Waals surface area contributed by atoms with Gasteiger partial charge in [0.05, 0.1) is 18.6 Å². The van der Waals surface area contributed by atoms with Gasteiger partial charge in [-0.3, -0.25) is 4.79 Å². The molecule has 0 amide bonds. The molecule has 0 spiro atoms. The van der Waals surface area contributed by atoms with E-state index in [2.05, 4.69) is 17.0 Å². The molecule has 0 unspecified atom stereocenters. The molecule has 1 saturated heterocycles. The topological polar surface area (TPSA) is 72.9 Å². The lowest BCUT2D eigenvalue weighted by molar-refractivity contribution is -0.147. The van der Waals surface area contributed by atoms with Crippen LogP contribution in [0.3, 0.4) is 0 Å². The molecule has 2 aromatic rings. The molecule has 3 rings (SSSR count). The molecule has 0 bridgehead atoms. The maximum absolute atomic E-state index is 13.6. The molecule has 1 aliphatic rings. The number of carbonyl (C=O) groups is 1. The summed E-state index contributed by atoms with van der Waals surface area (Å²) in [5, 5.41) is 0. The van der Waals surface area contributed by atoms with E-state index in [0.29, 0.717) is 18.8 Å². The third-order valence-corrected chi connectivity index (χ3v) is 8.47. The number of nitrogens with zero attached hydrogens (tertiary/aromatic N) is 1. The minimum absolute atomic E-state index is 0.124. The number of hydrogen-bond acceptors (Lipinski definition) is 6. The number of methoxy groups -OCH3 is 1. The predicted molar refractivity (Wildman–Crippen MR) is 120 cm³/mol. The largest absolute Gasteiger partial charge is 0.497 e. The van der Waals surface area contributed by atoms with Crippen LogP contribution in [0.4, 0.5) is 0 Å². The van der Waals surface area contributed by atoms with Crippen LogP contribution in [0.5, 0.6) is 5.75 Å². The zero-order valence-electron chi connectivity index (χ0n) is 18.2. The van der Waals surface area contributed by atoms with E-state index in [4.69, 9.17) is 9.47 Å². The predicted octanol–water partition coefficient (Wildman–Crippen LogP) is 3.50. The summed E-state index contributed by atoms with van der Waals surface area (Å²) in [5.74, 6) is -0.0767. The van der Waals surface area contributed by atoms with Gasteiger partial charge in [-0.2, -0.15) is 0 Å². The highest BCUT2D eigenvalue weighted by molar-refractivity contribution is 7.93. The molecule has 6 nitrogen and oxygen atoms in total. The zero-order valence-corrected chi connectivity index (χ0v) is 19.1. The summed E-state index contributed by atoms with van der Waals surface area (Å²) in [6, 6.07) is 16.5. The summed E-state index contributed by atoms with van der Waals surface area (Å²) in [5.41, 5.74) is 1.29. The fraction of sp³-hybridized carbons (Fsp3) is 0.458.